The van der Waals surface area contributed by atoms with Crippen LogP contribution in [-0.2, 0) is 24.8 Å². The van der Waals surface area contributed by atoms with Gasteiger partial charge in [0.1, 0.15) is 11.4 Å². The number of aryl methyl sites for hydroxylation is 1. The van der Waals surface area contributed by atoms with Gasteiger partial charge in [0.05, 0.1) is 24.9 Å². The fourth-order valence-corrected chi connectivity index (χ4v) is 3.97. The molecule has 1 fully saturated rings. The topological polar surface area (TPSA) is 72.3 Å². The number of nitrogens with zero attached hydrogens (tertiary/aromatic N) is 4. The van der Waals surface area contributed by atoms with Crippen molar-refractivity contribution < 1.29 is 9.53 Å². The number of carbonyl (C=O) groups is 1. The Balaban J connectivity index is 1.25. The van der Waals surface area contributed by atoms with Gasteiger partial charge in [0.15, 0.2) is 0 Å². The number of nitrogens with one attached hydrogen (secondary N) is 1. The monoisotopic (exact) mass is 419 g/mol. The van der Waals surface area contributed by atoms with Crippen LogP contribution >= 0.6 is 0 Å². The van der Waals surface area contributed by atoms with Crippen molar-refractivity contribution in [2.75, 3.05) is 20.2 Å². The molecule has 2 aromatic heterocycles. The third kappa shape index (κ3) is 5.49. The zero-order valence-corrected chi connectivity index (χ0v) is 18.1. The molecule has 1 aromatic carbocycles. The van der Waals surface area contributed by atoms with E-state index >= 15 is 0 Å². The lowest BCUT2D eigenvalue weighted by Gasteiger charge is -2.32. The van der Waals surface area contributed by atoms with Crippen LogP contribution < -0.4 is 10.1 Å². The Hall–Kier alpha value is -3.19. The van der Waals surface area contributed by atoms with E-state index in [2.05, 4.69) is 26.4 Å². The number of likely N-dealkylation sites (tertiary alicyclic amines) is 1. The van der Waals surface area contributed by atoms with Crippen molar-refractivity contribution >= 4 is 5.91 Å². The van der Waals surface area contributed by atoms with Crippen LogP contribution in [0.25, 0.3) is 11.4 Å². The summed E-state index contributed by atoms with van der Waals surface area (Å²) in [6.07, 6.45) is 4.10. The van der Waals surface area contributed by atoms with E-state index in [0.717, 1.165) is 55.2 Å². The number of hydrogen-bond donors (Lipinski definition) is 1. The summed E-state index contributed by atoms with van der Waals surface area (Å²) in [4.78, 5) is 19.2. The average molecular weight is 420 g/mol. The summed E-state index contributed by atoms with van der Waals surface area (Å²) in [5, 5.41) is 7.81. The van der Waals surface area contributed by atoms with Gasteiger partial charge >= 0.3 is 0 Å². The zero-order chi connectivity index (χ0) is 21.6. The van der Waals surface area contributed by atoms with Crippen molar-refractivity contribution in [1.82, 2.24) is 25.0 Å². The third-order valence-electron chi connectivity index (χ3n) is 5.77. The van der Waals surface area contributed by atoms with Crippen LogP contribution in [0, 0.1) is 0 Å². The van der Waals surface area contributed by atoms with Gasteiger partial charge in [-0.3, -0.25) is 19.4 Å². The molecule has 0 saturated carbocycles. The van der Waals surface area contributed by atoms with Crippen LogP contribution in [0.1, 0.15) is 24.1 Å². The predicted octanol–water partition coefficient (Wildman–Crippen LogP) is 2.81. The maximum Gasteiger partial charge on any atom is 0.224 e. The summed E-state index contributed by atoms with van der Waals surface area (Å²) in [5.41, 5.74) is 3.96. The van der Waals surface area contributed by atoms with Crippen LogP contribution in [-0.4, -0.2) is 51.8 Å². The first kappa shape index (κ1) is 21.1. The van der Waals surface area contributed by atoms with Crippen molar-refractivity contribution in [3.63, 3.8) is 0 Å². The van der Waals surface area contributed by atoms with E-state index in [1.165, 1.54) is 5.69 Å². The zero-order valence-electron chi connectivity index (χ0n) is 18.1. The summed E-state index contributed by atoms with van der Waals surface area (Å²) in [6.45, 7) is 2.76. The molecule has 0 radical (unpaired) electrons. The largest absolute Gasteiger partial charge is 0.497 e. The molecule has 0 atom stereocenters. The Morgan fingerprint density at radius 2 is 1.90 bits per heavy atom. The molecule has 4 rings (SSSR count). The predicted molar refractivity (Wildman–Crippen MR) is 120 cm³/mol. The molecule has 3 aromatic rings. The summed E-state index contributed by atoms with van der Waals surface area (Å²) in [5.74, 6) is 0.882. The SMILES string of the molecule is COc1ccc(CC(=O)NC2CCN(Cc3cc(-c4ccccn4)nn3C)CC2)cc1. The van der Waals surface area contributed by atoms with Crippen LogP contribution in [0.5, 0.6) is 5.75 Å². The van der Waals surface area contributed by atoms with Crippen molar-refractivity contribution in [1.29, 1.82) is 0 Å². The molecule has 7 heteroatoms. The minimum absolute atomic E-state index is 0.0789. The molecule has 0 aliphatic carbocycles. The summed E-state index contributed by atoms with van der Waals surface area (Å²) in [7, 11) is 3.62. The molecular formula is C24H29N5O2. The number of pyridine rings is 1. The molecule has 7 nitrogen and oxygen atoms in total. The number of amides is 1. The van der Waals surface area contributed by atoms with Gasteiger partial charge < -0.3 is 10.1 Å². The minimum atomic E-state index is 0.0789. The van der Waals surface area contributed by atoms with Crippen LogP contribution in [0.3, 0.4) is 0 Å². The Morgan fingerprint density at radius 3 is 2.58 bits per heavy atom. The lowest BCUT2D eigenvalue weighted by molar-refractivity contribution is -0.121. The quantitative estimate of drug-likeness (QED) is 0.638. The van der Waals surface area contributed by atoms with E-state index in [-0.39, 0.29) is 11.9 Å². The fourth-order valence-electron chi connectivity index (χ4n) is 3.97. The number of carbonyl (C=O) groups excluding carboxylic acids is 1. The van der Waals surface area contributed by atoms with Gasteiger partial charge in [0.2, 0.25) is 5.91 Å². The Morgan fingerprint density at radius 1 is 1.13 bits per heavy atom. The second kappa shape index (κ2) is 9.75. The second-order valence-corrected chi connectivity index (χ2v) is 8.00. The first-order valence-corrected chi connectivity index (χ1v) is 10.7. The second-order valence-electron chi connectivity index (χ2n) is 8.00. The van der Waals surface area contributed by atoms with Gasteiger partial charge in [-0.25, -0.2) is 0 Å². The summed E-state index contributed by atoms with van der Waals surface area (Å²) >= 11 is 0. The van der Waals surface area contributed by atoms with Gasteiger partial charge in [0.25, 0.3) is 0 Å². The normalized spacial score (nSPS) is 15.0. The van der Waals surface area contributed by atoms with Gasteiger partial charge in [-0.15, -0.1) is 0 Å². The standard InChI is InChI=1S/C24H29N5O2/c1-28-20(16-23(27-28)22-5-3-4-12-25-22)17-29-13-10-19(11-14-29)26-24(30)15-18-6-8-21(31-2)9-7-18/h3-9,12,16,19H,10-11,13-15,17H2,1-2H3,(H,26,30). The van der Waals surface area contributed by atoms with Gasteiger partial charge in [0, 0.05) is 38.9 Å². The molecule has 1 N–H and O–H groups in total. The Labute approximate surface area is 183 Å². The molecule has 31 heavy (non-hydrogen) atoms. The lowest BCUT2D eigenvalue weighted by atomic mass is 10.0. The van der Waals surface area contributed by atoms with E-state index in [1.807, 2.05) is 54.2 Å². The smallest absolute Gasteiger partial charge is 0.224 e. The lowest BCUT2D eigenvalue weighted by Crippen LogP contribution is -2.44. The van der Waals surface area contributed by atoms with Crippen molar-refractivity contribution in [3.8, 4) is 17.1 Å². The van der Waals surface area contributed by atoms with E-state index in [1.54, 1.807) is 13.3 Å². The minimum Gasteiger partial charge on any atom is -0.497 e. The fraction of sp³-hybridized carbons (Fsp3) is 0.375. The van der Waals surface area contributed by atoms with E-state index in [9.17, 15) is 4.79 Å². The molecule has 0 bridgehead atoms. The number of methoxy groups -OCH3 is 1. The van der Waals surface area contributed by atoms with Crippen LogP contribution in [0.4, 0.5) is 0 Å². The number of aromatic nitrogens is 3. The highest BCUT2D eigenvalue weighted by Crippen LogP contribution is 2.19. The van der Waals surface area contributed by atoms with E-state index in [0.29, 0.717) is 6.42 Å². The number of hydrogen-bond acceptors (Lipinski definition) is 5. The molecule has 0 spiro atoms. The molecule has 1 amide bonds. The Kier molecular flexibility index (Phi) is 6.62. The van der Waals surface area contributed by atoms with E-state index in [4.69, 9.17) is 4.74 Å². The highest BCUT2D eigenvalue weighted by molar-refractivity contribution is 5.78. The highest BCUT2D eigenvalue weighted by atomic mass is 16.5. The van der Waals surface area contributed by atoms with Crippen LogP contribution in [0.2, 0.25) is 0 Å². The van der Waals surface area contributed by atoms with Gasteiger partial charge in [-0.1, -0.05) is 18.2 Å². The summed E-state index contributed by atoms with van der Waals surface area (Å²) < 4.78 is 7.10. The van der Waals surface area contributed by atoms with Crippen LogP contribution in [0.15, 0.2) is 54.7 Å². The molecule has 1 aliphatic rings. The number of piperidine rings is 1. The molecule has 1 aliphatic heterocycles. The molecule has 162 valence electrons. The van der Waals surface area contributed by atoms with Crippen molar-refractivity contribution in [2.45, 2.75) is 31.8 Å². The first-order valence-electron chi connectivity index (χ1n) is 10.7. The highest BCUT2D eigenvalue weighted by Gasteiger charge is 2.22. The Bertz CT molecular complexity index is 993. The van der Waals surface area contributed by atoms with Gasteiger partial charge in [-0.2, -0.15) is 5.10 Å². The maximum absolute atomic E-state index is 12.4. The molecule has 1 saturated heterocycles. The molecular weight excluding hydrogens is 390 g/mol. The number of ether oxygens (including phenoxy) is 1. The third-order valence-corrected chi connectivity index (χ3v) is 5.77. The number of benzene rings is 1. The average Bonchev–Trinajstić information content (AvgIpc) is 3.16. The number of rotatable bonds is 7. The van der Waals surface area contributed by atoms with Crippen molar-refractivity contribution in [3.05, 3.63) is 66.0 Å². The van der Waals surface area contributed by atoms with E-state index < -0.39 is 0 Å². The molecule has 0 unspecified atom stereocenters. The summed E-state index contributed by atoms with van der Waals surface area (Å²) in [6, 6.07) is 15.9. The van der Waals surface area contributed by atoms with Gasteiger partial charge in [-0.05, 0) is 48.7 Å². The maximum atomic E-state index is 12.4. The molecule has 3 heterocycles. The van der Waals surface area contributed by atoms with Crippen molar-refractivity contribution in [2.24, 2.45) is 7.05 Å². The first-order chi connectivity index (χ1) is 15.1.